The topological polar surface area (TPSA) is 112 Å². The Bertz CT molecular complexity index is 1770. The molecule has 0 spiro atoms. The molecule has 0 saturated heterocycles. The standard InChI is InChI=1S/C27H23ClN6O2S/c1-2-11-37(35,36)26-22-8-7-20(33-22)13-18-4-3-17(31-18)12-19-5-6-21(32-19)15-27(10-9-23(26)34-27)24-14-25(28)30-16-29-24/h3-9,12-16,31,34H,2,10-11H2,1H3. The van der Waals surface area contributed by atoms with E-state index in [-0.39, 0.29) is 10.7 Å². The van der Waals surface area contributed by atoms with Crippen LogP contribution in [0, 0.1) is 0 Å². The lowest BCUT2D eigenvalue weighted by atomic mass is 9.91. The first-order chi connectivity index (χ1) is 17.8. The summed E-state index contributed by atoms with van der Waals surface area (Å²) in [4.78, 5) is 21.5. The molecule has 8 bridgehead atoms. The van der Waals surface area contributed by atoms with Gasteiger partial charge in [0, 0.05) is 17.1 Å². The van der Waals surface area contributed by atoms with Crippen LogP contribution in [0.1, 0.15) is 25.5 Å². The number of rotatable bonds is 4. The predicted molar refractivity (Wildman–Crippen MR) is 146 cm³/mol. The third kappa shape index (κ3) is 4.45. The zero-order valence-corrected chi connectivity index (χ0v) is 21.5. The molecule has 6 rings (SSSR count). The highest BCUT2D eigenvalue weighted by atomic mass is 35.5. The van der Waals surface area contributed by atoms with Crippen LogP contribution >= 0.6 is 11.6 Å². The number of hydrogen-bond donors (Lipinski definition) is 2. The van der Waals surface area contributed by atoms with Crippen LogP contribution in [0.4, 0.5) is 0 Å². The van der Waals surface area contributed by atoms with Crippen LogP contribution in [0.25, 0.3) is 12.2 Å². The molecular formula is C27H23ClN6O2S. The quantitative estimate of drug-likeness (QED) is 0.590. The Morgan fingerprint density at radius 1 is 1.03 bits per heavy atom. The smallest absolute Gasteiger partial charge is 0.182 e. The van der Waals surface area contributed by atoms with Gasteiger partial charge in [0.2, 0.25) is 0 Å². The average Bonchev–Trinajstić information content (AvgIpc) is 3.65. The van der Waals surface area contributed by atoms with Crippen molar-refractivity contribution in [3.63, 3.8) is 0 Å². The Morgan fingerprint density at radius 3 is 2.54 bits per heavy atom. The van der Waals surface area contributed by atoms with E-state index in [0.29, 0.717) is 40.8 Å². The molecular weight excluding hydrogens is 508 g/mol. The molecule has 4 aliphatic rings. The Morgan fingerprint density at radius 2 is 1.78 bits per heavy atom. The number of nitrogens with zero attached hydrogens (tertiary/aromatic N) is 4. The first kappa shape index (κ1) is 23.6. The Hall–Kier alpha value is -3.82. The lowest BCUT2D eigenvalue weighted by Crippen LogP contribution is -2.38. The van der Waals surface area contributed by atoms with Crippen LogP contribution in [-0.2, 0) is 15.4 Å². The van der Waals surface area contributed by atoms with Gasteiger partial charge in [0.25, 0.3) is 0 Å². The fourth-order valence-corrected chi connectivity index (χ4v) is 6.60. The van der Waals surface area contributed by atoms with Crippen LogP contribution in [-0.4, -0.2) is 40.5 Å². The SMILES string of the molecule is CCCS(=O)(=O)C1=C2C=CC(=N2)C=c2ccc([nH]2)=CC2=NC(=CC3(c4cc(Cl)ncn4)CC=C1N3)C=C2. The van der Waals surface area contributed by atoms with E-state index in [1.165, 1.54) is 6.33 Å². The maximum Gasteiger partial charge on any atom is 0.182 e. The van der Waals surface area contributed by atoms with Gasteiger partial charge in [-0.15, -0.1) is 0 Å². The first-order valence-electron chi connectivity index (χ1n) is 11.9. The molecule has 2 aromatic heterocycles. The van der Waals surface area contributed by atoms with Crippen molar-refractivity contribution in [3.05, 3.63) is 105 Å². The molecule has 0 amide bonds. The van der Waals surface area contributed by atoms with E-state index < -0.39 is 15.4 Å². The molecule has 0 aromatic carbocycles. The van der Waals surface area contributed by atoms with Crippen molar-refractivity contribution in [1.29, 1.82) is 0 Å². The number of sulfone groups is 1. The van der Waals surface area contributed by atoms with Crippen LogP contribution in [0.5, 0.6) is 0 Å². The van der Waals surface area contributed by atoms with Crippen molar-refractivity contribution in [2.75, 3.05) is 5.75 Å². The largest absolute Gasteiger partial charge is 0.370 e. The molecule has 0 aliphatic carbocycles. The molecule has 0 fully saturated rings. The van der Waals surface area contributed by atoms with Gasteiger partial charge in [-0.25, -0.2) is 28.4 Å². The van der Waals surface area contributed by atoms with Gasteiger partial charge in [0.1, 0.15) is 21.9 Å². The summed E-state index contributed by atoms with van der Waals surface area (Å²) in [5.74, 6) is 0.00684. The van der Waals surface area contributed by atoms with Gasteiger partial charge in [-0.1, -0.05) is 24.6 Å². The minimum absolute atomic E-state index is 0.00684. The van der Waals surface area contributed by atoms with Crippen molar-refractivity contribution in [2.24, 2.45) is 9.98 Å². The summed E-state index contributed by atoms with van der Waals surface area (Å²) in [6.07, 6.45) is 17.5. The Labute approximate surface area is 218 Å². The second-order valence-electron chi connectivity index (χ2n) is 9.14. The van der Waals surface area contributed by atoms with Crippen molar-refractivity contribution >= 4 is 45.0 Å². The van der Waals surface area contributed by atoms with Gasteiger partial charge >= 0.3 is 0 Å². The highest BCUT2D eigenvalue weighted by molar-refractivity contribution is 7.95. The Balaban J connectivity index is 1.61. The number of hydrogen-bond acceptors (Lipinski definition) is 7. The summed E-state index contributed by atoms with van der Waals surface area (Å²) in [6, 6.07) is 5.60. The van der Waals surface area contributed by atoms with E-state index in [2.05, 4.69) is 25.3 Å². The first-order valence-corrected chi connectivity index (χ1v) is 14.0. The van der Waals surface area contributed by atoms with E-state index in [9.17, 15) is 8.42 Å². The number of halogens is 1. The summed E-state index contributed by atoms with van der Waals surface area (Å²) in [6.45, 7) is 1.85. The number of H-pyrrole nitrogens is 1. The molecule has 1 unspecified atom stereocenters. The molecule has 4 aliphatic heterocycles. The molecule has 37 heavy (non-hydrogen) atoms. The summed E-state index contributed by atoms with van der Waals surface area (Å²) in [7, 11) is -3.65. The molecule has 0 saturated carbocycles. The fraction of sp³-hybridized carbons (Fsp3) is 0.185. The highest BCUT2D eigenvalue weighted by Gasteiger charge is 2.40. The van der Waals surface area contributed by atoms with Crippen LogP contribution in [0.2, 0.25) is 5.15 Å². The van der Waals surface area contributed by atoms with Crippen LogP contribution in [0.3, 0.4) is 0 Å². The molecule has 2 N–H and O–H groups in total. The number of fused-ring (bicyclic) bond motifs is 6. The van der Waals surface area contributed by atoms with Gasteiger partial charge < -0.3 is 10.3 Å². The maximum atomic E-state index is 13.6. The zero-order chi connectivity index (χ0) is 25.6. The zero-order valence-electron chi connectivity index (χ0n) is 19.9. The lowest BCUT2D eigenvalue weighted by Gasteiger charge is -2.28. The Kier molecular flexibility index (Phi) is 5.69. The highest BCUT2D eigenvalue weighted by Crippen LogP contribution is 2.39. The fourth-order valence-electron chi connectivity index (χ4n) is 4.81. The molecule has 2 aromatic rings. The second-order valence-corrected chi connectivity index (χ2v) is 11.6. The van der Waals surface area contributed by atoms with Crippen LogP contribution in [0.15, 0.2) is 93.0 Å². The molecule has 0 radical (unpaired) electrons. The van der Waals surface area contributed by atoms with E-state index in [1.807, 2.05) is 61.6 Å². The van der Waals surface area contributed by atoms with Crippen molar-refractivity contribution < 1.29 is 8.42 Å². The van der Waals surface area contributed by atoms with E-state index in [0.717, 1.165) is 22.1 Å². The van der Waals surface area contributed by atoms with E-state index in [4.69, 9.17) is 16.6 Å². The van der Waals surface area contributed by atoms with Gasteiger partial charge in [0.05, 0.1) is 40.0 Å². The van der Waals surface area contributed by atoms with Gasteiger partial charge in [-0.2, -0.15) is 0 Å². The third-order valence-corrected chi connectivity index (χ3v) is 8.62. The summed E-state index contributed by atoms with van der Waals surface area (Å²) >= 11 is 6.24. The van der Waals surface area contributed by atoms with Crippen molar-refractivity contribution in [3.8, 4) is 0 Å². The summed E-state index contributed by atoms with van der Waals surface area (Å²) in [5, 5.41) is 5.53. The minimum Gasteiger partial charge on any atom is -0.370 e. The number of nitrogens with one attached hydrogen (secondary N) is 2. The molecule has 1 atom stereocenters. The monoisotopic (exact) mass is 530 g/mol. The number of aromatic amines is 1. The summed E-state index contributed by atoms with van der Waals surface area (Å²) in [5.41, 5.74) is 2.78. The normalized spacial score (nSPS) is 22.1. The van der Waals surface area contributed by atoms with E-state index in [1.54, 1.807) is 12.1 Å². The molecule has 186 valence electrons. The summed E-state index contributed by atoms with van der Waals surface area (Å²) < 4.78 is 27.1. The number of aliphatic imine (C=N–C) groups is 2. The molecule has 6 heterocycles. The molecule has 8 nitrogen and oxygen atoms in total. The average molecular weight is 531 g/mol. The maximum absolute atomic E-state index is 13.6. The van der Waals surface area contributed by atoms with Gasteiger partial charge in [-0.05, 0) is 67.2 Å². The minimum atomic E-state index is -3.65. The van der Waals surface area contributed by atoms with Gasteiger partial charge in [0.15, 0.2) is 9.84 Å². The number of allylic oxidation sites excluding steroid dienone is 4. The second kappa shape index (κ2) is 8.93. The van der Waals surface area contributed by atoms with Gasteiger partial charge in [-0.3, -0.25) is 0 Å². The third-order valence-electron chi connectivity index (χ3n) is 6.41. The van der Waals surface area contributed by atoms with E-state index >= 15 is 0 Å². The van der Waals surface area contributed by atoms with Crippen molar-refractivity contribution in [2.45, 2.75) is 25.3 Å². The molecule has 10 heteroatoms. The van der Waals surface area contributed by atoms with Crippen LogP contribution < -0.4 is 16.0 Å². The van der Waals surface area contributed by atoms with Crippen molar-refractivity contribution in [1.82, 2.24) is 20.3 Å². The number of aromatic nitrogens is 3. The lowest BCUT2D eigenvalue weighted by molar-refractivity contribution is 0.486. The predicted octanol–water partition coefficient (Wildman–Crippen LogP) is 2.75.